The lowest BCUT2D eigenvalue weighted by molar-refractivity contribution is 0.601. The van der Waals surface area contributed by atoms with Gasteiger partial charge in [-0.1, -0.05) is 24.3 Å². The third-order valence-corrected chi connectivity index (χ3v) is 6.40. The minimum Gasteiger partial charge on any atom is -0.399 e. The van der Waals surface area contributed by atoms with Gasteiger partial charge >= 0.3 is 0 Å². The number of anilines is 3. The van der Waals surface area contributed by atoms with Crippen molar-refractivity contribution in [3.8, 4) is 11.1 Å². The Bertz CT molecular complexity index is 1040. The van der Waals surface area contributed by atoms with E-state index in [9.17, 15) is 8.42 Å². The maximum Gasteiger partial charge on any atom is 0.261 e. The van der Waals surface area contributed by atoms with Gasteiger partial charge < -0.3 is 10.6 Å². The number of hydrogen-bond acceptors (Lipinski definition) is 4. The molecule has 0 unspecified atom stereocenters. The van der Waals surface area contributed by atoms with Gasteiger partial charge in [0.15, 0.2) is 0 Å². The van der Waals surface area contributed by atoms with Crippen molar-refractivity contribution < 1.29 is 8.42 Å². The molecule has 6 heteroatoms. The molecule has 0 aromatic heterocycles. The third-order valence-electron chi connectivity index (χ3n) is 5.00. The van der Waals surface area contributed by atoms with Crippen molar-refractivity contribution in [3.05, 3.63) is 72.8 Å². The van der Waals surface area contributed by atoms with Gasteiger partial charge in [0.05, 0.1) is 4.90 Å². The highest BCUT2D eigenvalue weighted by Crippen LogP contribution is 2.25. The number of sulfonamides is 1. The summed E-state index contributed by atoms with van der Waals surface area (Å²) >= 11 is 0. The number of nitrogens with one attached hydrogen (secondary N) is 1. The van der Waals surface area contributed by atoms with Crippen molar-refractivity contribution in [1.29, 1.82) is 0 Å². The van der Waals surface area contributed by atoms with Crippen molar-refractivity contribution >= 4 is 27.1 Å². The van der Waals surface area contributed by atoms with Crippen LogP contribution in [0, 0.1) is 0 Å². The van der Waals surface area contributed by atoms with Crippen LogP contribution in [0.15, 0.2) is 77.7 Å². The van der Waals surface area contributed by atoms with Crippen molar-refractivity contribution in [2.45, 2.75) is 17.7 Å². The molecule has 28 heavy (non-hydrogen) atoms. The van der Waals surface area contributed by atoms with Crippen LogP contribution in [0.4, 0.5) is 17.1 Å². The standard InChI is InChI=1S/C22H23N3O2S/c23-19-7-3-17(4-8-19)18-5-13-22(14-6-18)28(26,27)24-20-9-11-21(12-10-20)25-15-1-2-16-25/h3-14,24H,1-2,15-16,23H2. The Morgan fingerprint density at radius 2 is 1.29 bits per heavy atom. The predicted molar refractivity (Wildman–Crippen MR) is 115 cm³/mol. The van der Waals surface area contributed by atoms with Crippen LogP contribution in [-0.2, 0) is 10.0 Å². The van der Waals surface area contributed by atoms with Gasteiger partial charge in [-0.15, -0.1) is 0 Å². The first kappa shape index (κ1) is 18.4. The second-order valence-corrected chi connectivity index (χ2v) is 8.68. The Kier molecular flexibility index (Phi) is 4.96. The molecule has 144 valence electrons. The van der Waals surface area contributed by atoms with Crippen LogP contribution in [0.2, 0.25) is 0 Å². The van der Waals surface area contributed by atoms with Crippen LogP contribution < -0.4 is 15.4 Å². The highest BCUT2D eigenvalue weighted by molar-refractivity contribution is 7.92. The first-order valence-electron chi connectivity index (χ1n) is 9.35. The molecule has 3 aromatic carbocycles. The molecule has 0 amide bonds. The molecule has 1 aliphatic heterocycles. The second kappa shape index (κ2) is 7.56. The van der Waals surface area contributed by atoms with Gasteiger partial charge in [0, 0.05) is 30.2 Å². The van der Waals surface area contributed by atoms with Crippen molar-refractivity contribution in [2.75, 3.05) is 28.4 Å². The zero-order chi connectivity index (χ0) is 19.6. The zero-order valence-electron chi connectivity index (χ0n) is 15.5. The van der Waals surface area contributed by atoms with Gasteiger partial charge in [0.25, 0.3) is 10.0 Å². The fourth-order valence-electron chi connectivity index (χ4n) is 3.43. The van der Waals surface area contributed by atoms with E-state index in [1.165, 1.54) is 12.8 Å². The first-order chi connectivity index (χ1) is 13.5. The molecule has 0 bridgehead atoms. The molecule has 0 spiro atoms. The van der Waals surface area contributed by atoms with Crippen molar-refractivity contribution in [1.82, 2.24) is 0 Å². The quantitative estimate of drug-likeness (QED) is 0.633. The minimum atomic E-state index is -3.63. The molecular formula is C22H23N3O2S. The summed E-state index contributed by atoms with van der Waals surface area (Å²) < 4.78 is 28.1. The van der Waals surface area contributed by atoms with Gasteiger partial charge in [-0.05, 0) is 72.5 Å². The lowest BCUT2D eigenvalue weighted by Gasteiger charge is -2.18. The topological polar surface area (TPSA) is 75.4 Å². The van der Waals surface area contributed by atoms with Gasteiger partial charge in [-0.25, -0.2) is 8.42 Å². The van der Waals surface area contributed by atoms with E-state index in [2.05, 4.69) is 9.62 Å². The van der Waals surface area contributed by atoms with Crippen molar-refractivity contribution in [2.24, 2.45) is 0 Å². The molecule has 5 nitrogen and oxygen atoms in total. The van der Waals surface area contributed by atoms with Gasteiger partial charge in [0.1, 0.15) is 0 Å². The van der Waals surface area contributed by atoms with Crippen LogP contribution >= 0.6 is 0 Å². The summed E-state index contributed by atoms with van der Waals surface area (Å²) in [7, 11) is -3.63. The maximum atomic E-state index is 12.7. The van der Waals surface area contributed by atoms with Crippen LogP contribution in [0.3, 0.4) is 0 Å². The van der Waals surface area contributed by atoms with Gasteiger partial charge in [-0.2, -0.15) is 0 Å². The van der Waals surface area contributed by atoms with E-state index in [4.69, 9.17) is 5.73 Å². The van der Waals surface area contributed by atoms with Crippen LogP contribution in [-0.4, -0.2) is 21.5 Å². The number of nitrogens with zero attached hydrogens (tertiary/aromatic N) is 1. The molecule has 3 aromatic rings. The maximum absolute atomic E-state index is 12.7. The summed E-state index contributed by atoms with van der Waals surface area (Å²) in [6, 6.07) is 21.9. The molecule has 3 N–H and O–H groups in total. The Morgan fingerprint density at radius 3 is 1.86 bits per heavy atom. The smallest absolute Gasteiger partial charge is 0.261 e. The summed E-state index contributed by atoms with van der Waals surface area (Å²) in [5.74, 6) is 0. The molecule has 4 rings (SSSR count). The lowest BCUT2D eigenvalue weighted by atomic mass is 10.1. The number of nitrogens with two attached hydrogens (primary N) is 1. The second-order valence-electron chi connectivity index (χ2n) is 6.99. The Morgan fingerprint density at radius 1 is 0.750 bits per heavy atom. The number of nitrogen functional groups attached to an aromatic ring is 1. The van der Waals surface area contributed by atoms with Crippen LogP contribution in [0.25, 0.3) is 11.1 Å². The van der Waals surface area contributed by atoms with E-state index in [0.29, 0.717) is 11.4 Å². The lowest BCUT2D eigenvalue weighted by Crippen LogP contribution is -2.17. The minimum absolute atomic E-state index is 0.232. The van der Waals surface area contributed by atoms with Gasteiger partial charge in [0.2, 0.25) is 0 Å². The summed E-state index contributed by atoms with van der Waals surface area (Å²) in [6.45, 7) is 2.12. The summed E-state index contributed by atoms with van der Waals surface area (Å²) in [5.41, 5.74) is 10.0. The van der Waals surface area contributed by atoms with E-state index in [1.54, 1.807) is 24.3 Å². The summed E-state index contributed by atoms with van der Waals surface area (Å²) in [5, 5.41) is 0. The molecule has 1 aliphatic rings. The number of benzene rings is 3. The third kappa shape index (κ3) is 3.97. The highest BCUT2D eigenvalue weighted by atomic mass is 32.2. The van der Waals surface area contributed by atoms with Crippen molar-refractivity contribution in [3.63, 3.8) is 0 Å². The Balaban J connectivity index is 1.49. The van der Waals surface area contributed by atoms with E-state index in [0.717, 1.165) is 29.9 Å². The summed E-state index contributed by atoms with van der Waals surface area (Å²) in [4.78, 5) is 2.55. The van der Waals surface area contributed by atoms with E-state index in [-0.39, 0.29) is 4.90 Å². The summed E-state index contributed by atoms with van der Waals surface area (Å²) in [6.07, 6.45) is 2.42. The largest absolute Gasteiger partial charge is 0.399 e. The van der Waals surface area contributed by atoms with Crippen LogP contribution in [0.5, 0.6) is 0 Å². The average molecular weight is 394 g/mol. The molecule has 1 heterocycles. The molecular weight excluding hydrogens is 370 g/mol. The molecule has 1 saturated heterocycles. The molecule has 1 fully saturated rings. The normalized spacial score (nSPS) is 14.2. The van der Waals surface area contributed by atoms with Gasteiger partial charge in [-0.3, -0.25) is 4.72 Å². The molecule has 0 saturated carbocycles. The number of hydrogen-bond donors (Lipinski definition) is 2. The molecule has 0 radical (unpaired) electrons. The average Bonchev–Trinajstić information content (AvgIpc) is 3.24. The predicted octanol–water partition coefficient (Wildman–Crippen LogP) is 4.34. The Hall–Kier alpha value is -2.99. The fourth-order valence-corrected chi connectivity index (χ4v) is 4.49. The van der Waals surface area contributed by atoms with E-state index >= 15 is 0 Å². The van der Waals surface area contributed by atoms with E-state index in [1.807, 2.05) is 48.5 Å². The van der Waals surface area contributed by atoms with E-state index < -0.39 is 10.0 Å². The zero-order valence-corrected chi connectivity index (χ0v) is 16.3. The molecule has 0 aliphatic carbocycles. The first-order valence-corrected chi connectivity index (χ1v) is 10.8. The SMILES string of the molecule is Nc1ccc(-c2ccc(S(=O)(=O)Nc3ccc(N4CCCC4)cc3)cc2)cc1. The fraction of sp³-hybridized carbons (Fsp3) is 0.182. The monoisotopic (exact) mass is 393 g/mol. The van der Waals surface area contributed by atoms with Crippen LogP contribution in [0.1, 0.15) is 12.8 Å². The molecule has 0 atom stereocenters. The highest BCUT2D eigenvalue weighted by Gasteiger charge is 2.16. The number of rotatable bonds is 5. The Labute approximate surface area is 165 Å².